The van der Waals surface area contributed by atoms with Crippen molar-refractivity contribution in [2.75, 3.05) is 13.7 Å². The molecule has 0 aliphatic heterocycles. The molecule has 0 radical (unpaired) electrons. The van der Waals surface area contributed by atoms with Gasteiger partial charge in [0.2, 0.25) is 0 Å². The maximum atomic E-state index is 11.3. The Morgan fingerprint density at radius 3 is 2.59 bits per heavy atom. The van der Waals surface area contributed by atoms with Crippen LogP contribution in [0.25, 0.3) is 22.7 Å². The van der Waals surface area contributed by atoms with E-state index in [0.717, 1.165) is 27.7 Å². The molecule has 1 aromatic heterocycles. The molecule has 0 atom stereocenters. The minimum Gasteiger partial charge on any atom is -0.481 e. The number of esters is 1. The number of methoxy groups -OCH3 is 1. The van der Waals surface area contributed by atoms with E-state index in [1.807, 2.05) is 50.2 Å². The van der Waals surface area contributed by atoms with Gasteiger partial charge in [-0.3, -0.25) is 0 Å². The molecule has 0 fully saturated rings. The monoisotopic (exact) mass is 361 g/mol. The SMILES string of the molecule is COC(=O)COc1c(C)cc(/C=C(/C#N)c2nc3ccccc3[nH]2)cc1C. The Labute approximate surface area is 157 Å². The Balaban J connectivity index is 1.92. The van der Waals surface area contributed by atoms with Crippen molar-refractivity contribution in [2.45, 2.75) is 13.8 Å². The van der Waals surface area contributed by atoms with Crippen molar-refractivity contribution < 1.29 is 14.3 Å². The third kappa shape index (κ3) is 3.98. The molecule has 0 saturated heterocycles. The van der Waals surface area contributed by atoms with Crippen molar-refractivity contribution in [3.8, 4) is 11.8 Å². The minimum absolute atomic E-state index is 0.143. The van der Waals surface area contributed by atoms with E-state index in [4.69, 9.17) is 4.74 Å². The number of hydrogen-bond donors (Lipinski definition) is 1. The number of aryl methyl sites for hydroxylation is 2. The van der Waals surface area contributed by atoms with Crippen LogP contribution in [0.5, 0.6) is 5.75 Å². The first kappa shape index (κ1) is 18.2. The fraction of sp³-hybridized carbons (Fsp3) is 0.190. The molecule has 0 bridgehead atoms. The van der Waals surface area contributed by atoms with Crippen LogP contribution in [0.2, 0.25) is 0 Å². The van der Waals surface area contributed by atoms with Crippen molar-refractivity contribution in [1.29, 1.82) is 5.26 Å². The Hall–Kier alpha value is -3.59. The zero-order chi connectivity index (χ0) is 19.4. The third-order valence-electron chi connectivity index (χ3n) is 4.12. The summed E-state index contributed by atoms with van der Waals surface area (Å²) in [5.74, 6) is 0.731. The van der Waals surface area contributed by atoms with Crippen LogP contribution in [0.4, 0.5) is 0 Å². The number of hydrogen-bond acceptors (Lipinski definition) is 5. The highest BCUT2D eigenvalue weighted by Crippen LogP contribution is 2.27. The lowest BCUT2D eigenvalue weighted by Crippen LogP contribution is -2.13. The number of imidazole rings is 1. The molecule has 0 amide bonds. The molecule has 0 saturated carbocycles. The Morgan fingerprint density at radius 2 is 1.96 bits per heavy atom. The van der Waals surface area contributed by atoms with Gasteiger partial charge in [0, 0.05) is 0 Å². The second kappa shape index (κ2) is 7.75. The Morgan fingerprint density at radius 1 is 1.26 bits per heavy atom. The summed E-state index contributed by atoms with van der Waals surface area (Å²) in [6, 6.07) is 13.6. The summed E-state index contributed by atoms with van der Waals surface area (Å²) in [5, 5.41) is 9.58. The number of ether oxygens (including phenoxy) is 2. The van der Waals surface area contributed by atoms with Crippen LogP contribution < -0.4 is 4.74 Å². The average molecular weight is 361 g/mol. The molecule has 1 N–H and O–H groups in total. The molecule has 1 heterocycles. The molecule has 0 aliphatic carbocycles. The van der Waals surface area contributed by atoms with Crippen molar-refractivity contribution in [3.05, 3.63) is 58.9 Å². The number of rotatable bonds is 5. The van der Waals surface area contributed by atoms with Crippen molar-refractivity contribution in [3.63, 3.8) is 0 Å². The summed E-state index contributed by atoms with van der Waals surface area (Å²) < 4.78 is 10.1. The largest absolute Gasteiger partial charge is 0.481 e. The molecule has 136 valence electrons. The molecule has 6 heteroatoms. The number of benzene rings is 2. The van der Waals surface area contributed by atoms with Crippen LogP contribution in [-0.2, 0) is 9.53 Å². The van der Waals surface area contributed by atoms with Gasteiger partial charge in [0.05, 0.1) is 23.7 Å². The number of nitriles is 1. The number of allylic oxidation sites excluding steroid dienone is 1. The standard InChI is InChI=1S/C21H19N3O3/c1-13-8-15(9-14(2)20(13)27-12-19(25)26-3)10-16(11-22)21-23-17-6-4-5-7-18(17)24-21/h4-10H,12H2,1-3H3,(H,23,24)/b16-10-. The molecule has 0 aliphatic rings. The number of aromatic nitrogens is 2. The van der Waals surface area contributed by atoms with Gasteiger partial charge < -0.3 is 14.5 Å². The summed E-state index contributed by atoms with van der Waals surface area (Å²) in [7, 11) is 1.32. The highest BCUT2D eigenvalue weighted by Gasteiger charge is 2.11. The van der Waals surface area contributed by atoms with E-state index < -0.39 is 5.97 Å². The molecule has 27 heavy (non-hydrogen) atoms. The lowest BCUT2D eigenvalue weighted by Gasteiger charge is -2.12. The lowest BCUT2D eigenvalue weighted by atomic mass is 10.0. The number of nitrogens with zero attached hydrogens (tertiary/aromatic N) is 2. The molecule has 2 aromatic carbocycles. The quantitative estimate of drug-likeness (QED) is 0.552. The van der Waals surface area contributed by atoms with E-state index in [9.17, 15) is 10.1 Å². The van der Waals surface area contributed by atoms with Gasteiger partial charge in [0.1, 0.15) is 17.6 Å². The van der Waals surface area contributed by atoms with Gasteiger partial charge in [0.15, 0.2) is 6.61 Å². The van der Waals surface area contributed by atoms with Crippen molar-refractivity contribution in [1.82, 2.24) is 9.97 Å². The Kier molecular flexibility index (Phi) is 5.23. The fourth-order valence-electron chi connectivity index (χ4n) is 2.89. The molecule has 0 spiro atoms. The Bertz CT molecular complexity index is 1020. The van der Waals surface area contributed by atoms with Crippen LogP contribution >= 0.6 is 0 Å². The number of carbonyl (C=O) groups is 1. The van der Waals surface area contributed by atoms with Gasteiger partial charge in [-0.05, 0) is 60.9 Å². The lowest BCUT2D eigenvalue weighted by molar-refractivity contribution is -0.142. The highest BCUT2D eigenvalue weighted by atomic mass is 16.6. The first-order valence-corrected chi connectivity index (χ1v) is 8.39. The second-order valence-electron chi connectivity index (χ2n) is 6.12. The first-order valence-electron chi connectivity index (χ1n) is 8.39. The average Bonchev–Trinajstić information content (AvgIpc) is 3.09. The number of fused-ring (bicyclic) bond motifs is 1. The highest BCUT2D eigenvalue weighted by molar-refractivity contribution is 5.90. The first-order chi connectivity index (χ1) is 13.0. The maximum absolute atomic E-state index is 11.3. The molecule has 0 unspecified atom stereocenters. The van der Waals surface area contributed by atoms with Gasteiger partial charge in [-0.1, -0.05) is 12.1 Å². The van der Waals surface area contributed by atoms with Gasteiger partial charge >= 0.3 is 5.97 Å². The summed E-state index contributed by atoms with van der Waals surface area (Å²) in [5.41, 5.74) is 4.72. The van der Waals surface area contributed by atoms with E-state index in [1.54, 1.807) is 6.08 Å². The summed E-state index contributed by atoms with van der Waals surface area (Å²) in [6.07, 6.45) is 1.78. The van der Waals surface area contributed by atoms with E-state index in [0.29, 0.717) is 17.1 Å². The second-order valence-corrected chi connectivity index (χ2v) is 6.12. The summed E-state index contributed by atoms with van der Waals surface area (Å²) >= 11 is 0. The van der Waals surface area contributed by atoms with Crippen LogP contribution in [0.15, 0.2) is 36.4 Å². The molecular weight excluding hydrogens is 342 g/mol. The minimum atomic E-state index is -0.436. The maximum Gasteiger partial charge on any atom is 0.343 e. The van der Waals surface area contributed by atoms with E-state index in [2.05, 4.69) is 20.8 Å². The van der Waals surface area contributed by atoms with E-state index in [-0.39, 0.29) is 6.61 Å². The number of nitrogens with one attached hydrogen (secondary N) is 1. The fourth-order valence-corrected chi connectivity index (χ4v) is 2.89. The molecule has 3 rings (SSSR count). The number of carbonyl (C=O) groups excluding carboxylic acids is 1. The number of aromatic amines is 1. The van der Waals surface area contributed by atoms with Gasteiger partial charge in [-0.15, -0.1) is 0 Å². The summed E-state index contributed by atoms with van der Waals surface area (Å²) in [6.45, 7) is 3.64. The molecule has 3 aromatic rings. The number of para-hydroxylation sites is 2. The summed E-state index contributed by atoms with van der Waals surface area (Å²) in [4.78, 5) is 18.9. The predicted molar refractivity (Wildman–Crippen MR) is 103 cm³/mol. The zero-order valence-electron chi connectivity index (χ0n) is 15.4. The van der Waals surface area contributed by atoms with Crippen molar-refractivity contribution >= 4 is 28.7 Å². The third-order valence-corrected chi connectivity index (χ3v) is 4.12. The normalized spacial score (nSPS) is 11.3. The molecular formula is C21H19N3O3. The van der Waals surface area contributed by atoms with Gasteiger partial charge in [0.25, 0.3) is 0 Å². The van der Waals surface area contributed by atoms with Gasteiger partial charge in [-0.2, -0.15) is 5.26 Å². The van der Waals surface area contributed by atoms with Crippen LogP contribution in [0.3, 0.4) is 0 Å². The van der Waals surface area contributed by atoms with Gasteiger partial charge in [-0.25, -0.2) is 9.78 Å². The van der Waals surface area contributed by atoms with E-state index >= 15 is 0 Å². The number of H-pyrrole nitrogens is 1. The predicted octanol–water partition coefficient (Wildman–Crippen LogP) is 3.80. The molecule has 6 nitrogen and oxygen atoms in total. The van der Waals surface area contributed by atoms with Crippen LogP contribution in [-0.4, -0.2) is 29.7 Å². The van der Waals surface area contributed by atoms with Crippen molar-refractivity contribution in [2.24, 2.45) is 0 Å². The van der Waals surface area contributed by atoms with E-state index in [1.165, 1.54) is 7.11 Å². The topological polar surface area (TPSA) is 88.0 Å². The zero-order valence-corrected chi connectivity index (χ0v) is 15.4. The smallest absolute Gasteiger partial charge is 0.343 e. The van der Waals surface area contributed by atoms with Crippen LogP contribution in [0, 0.1) is 25.2 Å². The van der Waals surface area contributed by atoms with Crippen LogP contribution in [0.1, 0.15) is 22.5 Å².